The fourth-order valence-electron chi connectivity index (χ4n) is 2.21. The molecule has 1 heterocycles. The lowest BCUT2D eigenvalue weighted by atomic mass is 10.0. The third kappa shape index (κ3) is 2.28. The summed E-state index contributed by atoms with van der Waals surface area (Å²) in [7, 11) is 0. The molecule has 2 N–H and O–H groups in total. The summed E-state index contributed by atoms with van der Waals surface area (Å²) in [5, 5.41) is 4.54. The normalized spacial score (nSPS) is 10.7. The number of halogens is 1. The first-order chi connectivity index (χ1) is 9.65. The van der Waals surface area contributed by atoms with Crippen LogP contribution in [0.4, 0.5) is 5.82 Å². The highest BCUT2D eigenvalue weighted by atomic mass is 35.5. The van der Waals surface area contributed by atoms with Crippen molar-refractivity contribution in [3.8, 4) is 22.5 Å². The minimum absolute atomic E-state index is 0.365. The molecule has 0 aliphatic rings. The van der Waals surface area contributed by atoms with Crippen molar-refractivity contribution in [1.29, 1.82) is 0 Å². The van der Waals surface area contributed by atoms with Crippen LogP contribution in [0.25, 0.3) is 22.5 Å². The van der Waals surface area contributed by atoms with Gasteiger partial charge in [0.15, 0.2) is 11.6 Å². The van der Waals surface area contributed by atoms with Gasteiger partial charge in [0.25, 0.3) is 0 Å². The zero-order valence-electron chi connectivity index (χ0n) is 10.9. The van der Waals surface area contributed by atoms with E-state index >= 15 is 0 Å². The Morgan fingerprint density at radius 1 is 1.05 bits per heavy atom. The van der Waals surface area contributed by atoms with Crippen LogP contribution in [0.15, 0.2) is 53.1 Å². The maximum Gasteiger partial charge on any atom is 0.176 e. The molecule has 0 saturated carbocycles. The van der Waals surface area contributed by atoms with Crippen molar-refractivity contribution in [2.75, 3.05) is 5.73 Å². The van der Waals surface area contributed by atoms with E-state index in [9.17, 15) is 0 Å². The maximum absolute atomic E-state index is 6.05. The van der Waals surface area contributed by atoms with Crippen LogP contribution in [0.1, 0.15) is 5.56 Å². The predicted octanol–water partition coefficient (Wildman–Crippen LogP) is 4.55. The Hall–Kier alpha value is -2.26. The summed E-state index contributed by atoms with van der Waals surface area (Å²) < 4.78 is 5.41. The molecule has 3 rings (SSSR count). The third-order valence-electron chi connectivity index (χ3n) is 3.11. The maximum atomic E-state index is 6.05. The Morgan fingerprint density at radius 2 is 1.80 bits per heavy atom. The number of benzene rings is 2. The van der Waals surface area contributed by atoms with Crippen molar-refractivity contribution in [2.45, 2.75) is 6.92 Å². The zero-order valence-corrected chi connectivity index (χ0v) is 11.7. The smallest absolute Gasteiger partial charge is 0.176 e. The van der Waals surface area contributed by atoms with Gasteiger partial charge in [-0.3, -0.25) is 0 Å². The molecule has 0 saturated heterocycles. The molecule has 0 amide bonds. The van der Waals surface area contributed by atoms with E-state index in [2.05, 4.69) is 5.16 Å². The topological polar surface area (TPSA) is 52.0 Å². The highest BCUT2D eigenvalue weighted by Crippen LogP contribution is 2.37. The van der Waals surface area contributed by atoms with E-state index in [1.807, 2.05) is 55.5 Å². The lowest BCUT2D eigenvalue weighted by molar-refractivity contribution is 0.436. The molecule has 3 nitrogen and oxygen atoms in total. The number of aryl methyl sites for hydroxylation is 1. The standard InChI is InChI=1S/C16H13ClN2O/c1-10-4-2-6-12(8-10)15-14(16(18)19-20-15)11-5-3-7-13(17)9-11/h2-9H,1H3,(H2,18,19). The molecule has 1 aromatic heterocycles. The van der Waals surface area contributed by atoms with Crippen LogP contribution in [0.3, 0.4) is 0 Å². The molecular formula is C16H13ClN2O. The first-order valence-electron chi connectivity index (χ1n) is 6.23. The molecule has 0 aliphatic carbocycles. The van der Waals surface area contributed by atoms with Gasteiger partial charge in [-0.2, -0.15) is 0 Å². The second kappa shape index (κ2) is 5.02. The summed E-state index contributed by atoms with van der Waals surface area (Å²) in [5.41, 5.74) is 9.72. The van der Waals surface area contributed by atoms with E-state index in [1.54, 1.807) is 0 Å². The Balaban J connectivity index is 2.20. The van der Waals surface area contributed by atoms with E-state index in [-0.39, 0.29) is 0 Å². The fraction of sp³-hybridized carbons (Fsp3) is 0.0625. The van der Waals surface area contributed by atoms with Crippen molar-refractivity contribution < 1.29 is 4.52 Å². The molecular weight excluding hydrogens is 272 g/mol. The van der Waals surface area contributed by atoms with Gasteiger partial charge in [-0.05, 0) is 30.7 Å². The van der Waals surface area contributed by atoms with E-state index in [0.717, 1.165) is 22.3 Å². The van der Waals surface area contributed by atoms with Crippen LogP contribution in [-0.4, -0.2) is 5.16 Å². The molecule has 0 unspecified atom stereocenters. The average Bonchev–Trinajstić information content (AvgIpc) is 2.80. The number of nitrogen functional groups attached to an aromatic ring is 1. The van der Waals surface area contributed by atoms with Gasteiger partial charge in [0.05, 0.1) is 5.56 Å². The Morgan fingerprint density at radius 3 is 2.55 bits per heavy atom. The largest absolute Gasteiger partial charge is 0.380 e. The highest BCUT2D eigenvalue weighted by molar-refractivity contribution is 6.30. The predicted molar refractivity (Wildman–Crippen MR) is 81.5 cm³/mol. The zero-order chi connectivity index (χ0) is 14.1. The Kier molecular flexibility index (Phi) is 3.20. The van der Waals surface area contributed by atoms with E-state index < -0.39 is 0 Å². The minimum Gasteiger partial charge on any atom is -0.380 e. The second-order valence-corrected chi connectivity index (χ2v) is 5.09. The van der Waals surface area contributed by atoms with Crippen molar-refractivity contribution in [2.24, 2.45) is 0 Å². The number of nitrogens with two attached hydrogens (primary N) is 1. The number of hydrogen-bond donors (Lipinski definition) is 1. The molecule has 20 heavy (non-hydrogen) atoms. The number of aromatic nitrogens is 1. The molecule has 0 aliphatic heterocycles. The number of anilines is 1. The van der Waals surface area contributed by atoms with Crippen molar-refractivity contribution in [3.63, 3.8) is 0 Å². The molecule has 0 spiro atoms. The lowest BCUT2D eigenvalue weighted by Gasteiger charge is -2.04. The van der Waals surface area contributed by atoms with Gasteiger partial charge in [0.2, 0.25) is 0 Å². The highest BCUT2D eigenvalue weighted by Gasteiger charge is 2.17. The SMILES string of the molecule is Cc1cccc(-c2onc(N)c2-c2cccc(Cl)c2)c1. The molecule has 0 bridgehead atoms. The molecule has 2 aromatic carbocycles. The summed E-state index contributed by atoms with van der Waals surface area (Å²) in [4.78, 5) is 0. The summed E-state index contributed by atoms with van der Waals surface area (Å²) in [6.07, 6.45) is 0. The first-order valence-corrected chi connectivity index (χ1v) is 6.61. The van der Waals surface area contributed by atoms with Gasteiger partial charge < -0.3 is 10.3 Å². The van der Waals surface area contributed by atoms with Crippen molar-refractivity contribution >= 4 is 17.4 Å². The van der Waals surface area contributed by atoms with Crippen molar-refractivity contribution in [1.82, 2.24) is 5.16 Å². The number of rotatable bonds is 2. The van der Waals surface area contributed by atoms with Crippen LogP contribution < -0.4 is 5.73 Å². The molecule has 0 radical (unpaired) electrons. The first kappa shape index (κ1) is 12.8. The van der Waals surface area contributed by atoms with Crippen LogP contribution >= 0.6 is 11.6 Å². The number of nitrogens with zero attached hydrogens (tertiary/aromatic N) is 1. The van der Waals surface area contributed by atoms with Crippen LogP contribution in [0.5, 0.6) is 0 Å². The summed E-state index contributed by atoms with van der Waals surface area (Å²) in [6.45, 7) is 2.03. The lowest BCUT2D eigenvalue weighted by Crippen LogP contribution is -1.89. The van der Waals surface area contributed by atoms with E-state index in [1.165, 1.54) is 0 Å². The van der Waals surface area contributed by atoms with Gasteiger partial charge in [-0.25, -0.2) is 0 Å². The monoisotopic (exact) mass is 284 g/mol. The summed E-state index contributed by atoms with van der Waals surface area (Å²) in [6, 6.07) is 15.5. The molecule has 3 aromatic rings. The quantitative estimate of drug-likeness (QED) is 0.751. The van der Waals surface area contributed by atoms with Gasteiger partial charge in [-0.1, -0.05) is 52.7 Å². The van der Waals surface area contributed by atoms with E-state index in [4.69, 9.17) is 21.9 Å². The molecule has 4 heteroatoms. The minimum atomic E-state index is 0.365. The third-order valence-corrected chi connectivity index (χ3v) is 3.35. The molecule has 0 fully saturated rings. The van der Waals surface area contributed by atoms with Gasteiger partial charge >= 0.3 is 0 Å². The van der Waals surface area contributed by atoms with Crippen LogP contribution in [-0.2, 0) is 0 Å². The van der Waals surface area contributed by atoms with E-state index in [0.29, 0.717) is 16.6 Å². The molecule has 100 valence electrons. The fourth-order valence-corrected chi connectivity index (χ4v) is 2.40. The van der Waals surface area contributed by atoms with Crippen LogP contribution in [0.2, 0.25) is 5.02 Å². The second-order valence-electron chi connectivity index (χ2n) is 4.65. The van der Waals surface area contributed by atoms with Gasteiger partial charge in [0, 0.05) is 10.6 Å². The Labute approximate surface area is 122 Å². The molecule has 0 atom stereocenters. The van der Waals surface area contributed by atoms with Gasteiger partial charge in [-0.15, -0.1) is 0 Å². The van der Waals surface area contributed by atoms with Gasteiger partial charge in [0.1, 0.15) is 0 Å². The number of hydrogen-bond acceptors (Lipinski definition) is 3. The summed E-state index contributed by atoms with van der Waals surface area (Å²) in [5.74, 6) is 1.03. The average molecular weight is 285 g/mol. The Bertz CT molecular complexity index is 765. The van der Waals surface area contributed by atoms with Crippen molar-refractivity contribution in [3.05, 3.63) is 59.1 Å². The summed E-state index contributed by atoms with van der Waals surface area (Å²) >= 11 is 6.05. The van der Waals surface area contributed by atoms with Crippen LogP contribution in [0, 0.1) is 6.92 Å².